The second-order valence-corrected chi connectivity index (χ2v) is 2.26. The Morgan fingerprint density at radius 1 is 1.60 bits per heavy atom. The van der Waals surface area contributed by atoms with E-state index in [1.165, 1.54) is 13.0 Å². The molecule has 0 aliphatic heterocycles. The van der Waals surface area contributed by atoms with Crippen molar-refractivity contribution in [1.82, 2.24) is 5.32 Å². The van der Waals surface area contributed by atoms with Gasteiger partial charge in [-0.2, -0.15) is 0 Å². The summed E-state index contributed by atoms with van der Waals surface area (Å²) in [5, 5.41) is 11.4. The van der Waals surface area contributed by atoms with Gasteiger partial charge in [-0.1, -0.05) is 0 Å². The number of hydrogen-bond donors (Lipinski definition) is 2. The minimum atomic E-state index is -0.601. The third-order valence-electron chi connectivity index (χ3n) is 0.856. The molecule has 2 N–H and O–H groups in total. The number of hydrogen-bond acceptors (Lipinski definition) is 3. The molecule has 1 unspecified atom stereocenters. The van der Waals surface area contributed by atoms with Gasteiger partial charge >= 0.3 is 0 Å². The van der Waals surface area contributed by atoms with E-state index in [1.807, 2.05) is 0 Å². The number of allylic oxidation sites excluding steroid dienone is 2. The first kappa shape index (κ1) is 9.17. The van der Waals surface area contributed by atoms with E-state index in [0.717, 1.165) is 0 Å². The Hall–Kier alpha value is -0.830. The molecule has 0 aromatic carbocycles. The van der Waals surface area contributed by atoms with E-state index in [1.54, 1.807) is 13.8 Å². The summed E-state index contributed by atoms with van der Waals surface area (Å²) < 4.78 is 0. The minimum Gasteiger partial charge on any atom is -0.374 e. The number of aliphatic hydroxyl groups is 1. The van der Waals surface area contributed by atoms with Gasteiger partial charge in [0.25, 0.3) is 0 Å². The molecule has 0 aliphatic carbocycles. The Morgan fingerprint density at radius 3 is 2.40 bits per heavy atom. The van der Waals surface area contributed by atoms with Crippen molar-refractivity contribution in [3.8, 4) is 0 Å². The van der Waals surface area contributed by atoms with Crippen LogP contribution in [0.5, 0.6) is 0 Å². The largest absolute Gasteiger partial charge is 0.374 e. The van der Waals surface area contributed by atoms with Crippen LogP contribution in [0.15, 0.2) is 11.8 Å². The van der Waals surface area contributed by atoms with Crippen molar-refractivity contribution in [2.75, 3.05) is 0 Å². The molecule has 0 spiro atoms. The highest BCUT2D eigenvalue weighted by Crippen LogP contribution is 1.88. The molecule has 10 heavy (non-hydrogen) atoms. The molecule has 0 radical (unpaired) electrons. The molecule has 58 valence electrons. The molecule has 0 bridgehead atoms. The molecule has 0 heterocycles. The van der Waals surface area contributed by atoms with Gasteiger partial charge in [0.05, 0.1) is 0 Å². The molecule has 0 saturated carbocycles. The van der Waals surface area contributed by atoms with Crippen LogP contribution in [0.1, 0.15) is 20.8 Å². The van der Waals surface area contributed by atoms with Crippen molar-refractivity contribution in [3.05, 3.63) is 11.8 Å². The zero-order valence-electron chi connectivity index (χ0n) is 6.51. The van der Waals surface area contributed by atoms with E-state index in [2.05, 4.69) is 5.32 Å². The van der Waals surface area contributed by atoms with Gasteiger partial charge in [-0.3, -0.25) is 4.79 Å². The Bertz CT molecular complexity index is 150. The predicted molar refractivity (Wildman–Crippen MR) is 39.3 cm³/mol. The fraction of sp³-hybridized carbons (Fsp3) is 0.571. The number of carbonyl (C=O) groups excluding carboxylic acids is 1. The van der Waals surface area contributed by atoms with Crippen LogP contribution in [0.4, 0.5) is 0 Å². The summed E-state index contributed by atoms with van der Waals surface area (Å²) in [5.41, 5.74) is 0.683. The number of ketones is 1. The van der Waals surface area contributed by atoms with Gasteiger partial charge in [0.15, 0.2) is 5.78 Å². The van der Waals surface area contributed by atoms with Crippen molar-refractivity contribution in [1.29, 1.82) is 0 Å². The molecule has 0 fully saturated rings. The highest BCUT2D eigenvalue weighted by molar-refractivity contribution is 5.87. The van der Waals surface area contributed by atoms with Crippen molar-refractivity contribution in [2.24, 2.45) is 0 Å². The van der Waals surface area contributed by atoms with Gasteiger partial charge in [-0.05, 0) is 26.8 Å². The zero-order chi connectivity index (χ0) is 8.15. The smallest absolute Gasteiger partial charge is 0.154 e. The average Bonchev–Trinajstić information content (AvgIpc) is 1.58. The molecule has 0 aromatic heterocycles. The van der Waals surface area contributed by atoms with Crippen molar-refractivity contribution in [3.63, 3.8) is 0 Å². The molecule has 3 heteroatoms. The lowest BCUT2D eigenvalue weighted by atomic mass is 10.3. The van der Waals surface area contributed by atoms with E-state index in [-0.39, 0.29) is 5.78 Å². The summed E-state index contributed by atoms with van der Waals surface area (Å²) in [6.07, 6.45) is 0.836. The first-order chi connectivity index (χ1) is 4.52. The summed E-state index contributed by atoms with van der Waals surface area (Å²) in [7, 11) is 0. The Morgan fingerprint density at radius 2 is 2.10 bits per heavy atom. The molecule has 3 nitrogen and oxygen atoms in total. The van der Waals surface area contributed by atoms with Gasteiger partial charge in [-0.25, -0.2) is 0 Å². The fourth-order valence-corrected chi connectivity index (χ4v) is 0.676. The van der Waals surface area contributed by atoms with Crippen LogP contribution in [-0.2, 0) is 4.79 Å². The lowest BCUT2D eigenvalue weighted by Gasteiger charge is -2.07. The van der Waals surface area contributed by atoms with E-state index >= 15 is 0 Å². The highest BCUT2D eigenvalue weighted by Gasteiger charge is 1.93. The fourth-order valence-electron chi connectivity index (χ4n) is 0.676. The van der Waals surface area contributed by atoms with Crippen LogP contribution in [0.2, 0.25) is 0 Å². The maximum absolute atomic E-state index is 10.4. The van der Waals surface area contributed by atoms with Gasteiger partial charge < -0.3 is 10.4 Å². The third kappa shape index (κ3) is 5.31. The summed E-state index contributed by atoms with van der Waals surface area (Å²) in [6, 6.07) is 0. The Labute approximate surface area is 60.7 Å². The number of carbonyl (C=O) groups is 1. The third-order valence-corrected chi connectivity index (χ3v) is 0.856. The second-order valence-electron chi connectivity index (χ2n) is 2.26. The van der Waals surface area contributed by atoms with Gasteiger partial charge in [0.1, 0.15) is 6.23 Å². The van der Waals surface area contributed by atoms with Gasteiger partial charge in [0.2, 0.25) is 0 Å². The predicted octanol–water partition coefficient (Wildman–Crippen LogP) is 0.407. The molecular weight excluding hydrogens is 130 g/mol. The molecule has 1 atom stereocenters. The van der Waals surface area contributed by atoms with Crippen LogP contribution in [-0.4, -0.2) is 17.1 Å². The maximum Gasteiger partial charge on any atom is 0.154 e. The van der Waals surface area contributed by atoms with E-state index in [4.69, 9.17) is 5.11 Å². The van der Waals surface area contributed by atoms with Crippen LogP contribution in [0.25, 0.3) is 0 Å². The Balaban J connectivity index is 3.83. The van der Waals surface area contributed by atoms with Crippen molar-refractivity contribution in [2.45, 2.75) is 27.0 Å². The first-order valence-electron chi connectivity index (χ1n) is 3.16. The monoisotopic (exact) mass is 143 g/mol. The molecule has 0 saturated heterocycles. The first-order valence-corrected chi connectivity index (χ1v) is 3.16. The van der Waals surface area contributed by atoms with Gasteiger partial charge in [0, 0.05) is 5.70 Å². The zero-order valence-corrected chi connectivity index (χ0v) is 6.51. The average molecular weight is 143 g/mol. The van der Waals surface area contributed by atoms with Crippen LogP contribution in [0.3, 0.4) is 0 Å². The Kier molecular flexibility index (Phi) is 3.72. The molecular formula is C7H13NO2. The van der Waals surface area contributed by atoms with Crippen LogP contribution >= 0.6 is 0 Å². The molecule has 0 aromatic rings. The topological polar surface area (TPSA) is 49.3 Å². The van der Waals surface area contributed by atoms with Gasteiger partial charge in [-0.15, -0.1) is 0 Å². The van der Waals surface area contributed by atoms with Crippen LogP contribution < -0.4 is 5.32 Å². The summed E-state index contributed by atoms with van der Waals surface area (Å²) in [6.45, 7) is 4.79. The lowest BCUT2D eigenvalue weighted by Crippen LogP contribution is -2.23. The molecule has 0 amide bonds. The maximum atomic E-state index is 10.4. The minimum absolute atomic E-state index is 0.0225. The second kappa shape index (κ2) is 4.06. The number of aliphatic hydroxyl groups excluding tert-OH is 1. The number of rotatable bonds is 3. The molecule has 0 rings (SSSR count). The quantitative estimate of drug-likeness (QED) is 0.444. The van der Waals surface area contributed by atoms with E-state index in [0.29, 0.717) is 5.70 Å². The summed E-state index contributed by atoms with van der Waals surface area (Å²) in [4.78, 5) is 10.4. The summed E-state index contributed by atoms with van der Waals surface area (Å²) >= 11 is 0. The van der Waals surface area contributed by atoms with Crippen molar-refractivity contribution < 1.29 is 9.90 Å². The highest BCUT2D eigenvalue weighted by atomic mass is 16.3. The normalized spacial score (nSPS) is 14.6. The SMILES string of the molecule is CC(=O)C=C(C)NC(C)O. The number of nitrogens with one attached hydrogen (secondary N) is 1. The van der Waals surface area contributed by atoms with E-state index < -0.39 is 6.23 Å². The van der Waals surface area contributed by atoms with Crippen LogP contribution in [0, 0.1) is 0 Å². The molecule has 0 aliphatic rings. The standard InChI is InChI=1S/C7H13NO2/c1-5(4-6(2)9)8-7(3)10/h4,7-8,10H,1-3H3. The lowest BCUT2D eigenvalue weighted by molar-refractivity contribution is -0.112. The van der Waals surface area contributed by atoms with Crippen molar-refractivity contribution >= 4 is 5.78 Å². The van der Waals surface area contributed by atoms with E-state index in [9.17, 15) is 4.79 Å². The summed E-state index contributed by atoms with van der Waals surface area (Å²) in [5.74, 6) is -0.0225.